The van der Waals surface area contributed by atoms with E-state index in [9.17, 15) is 9.50 Å². The van der Waals surface area contributed by atoms with E-state index >= 15 is 0 Å². The van der Waals surface area contributed by atoms with Gasteiger partial charge in [0.25, 0.3) is 0 Å². The van der Waals surface area contributed by atoms with Crippen molar-refractivity contribution in [3.63, 3.8) is 0 Å². The summed E-state index contributed by atoms with van der Waals surface area (Å²) in [7, 11) is 0. The molecule has 0 aliphatic rings. The number of rotatable bonds is 3. The van der Waals surface area contributed by atoms with Crippen LogP contribution in [0.4, 0.5) is 10.1 Å². The molecule has 0 radical (unpaired) electrons. The number of nitrogens with one attached hydrogen (secondary N) is 1. The van der Waals surface area contributed by atoms with Crippen LogP contribution in [0.2, 0.25) is 5.02 Å². The van der Waals surface area contributed by atoms with Gasteiger partial charge in [-0.3, -0.25) is 0 Å². The number of hydrogen-bond acceptors (Lipinski definition) is 2. The van der Waals surface area contributed by atoms with Crippen LogP contribution in [-0.4, -0.2) is 5.11 Å². The maximum Gasteiger partial charge on any atom is 0.126 e. The Balaban J connectivity index is 1.93. The highest BCUT2D eigenvalue weighted by Crippen LogP contribution is 2.28. The van der Waals surface area contributed by atoms with Crippen LogP contribution in [0.15, 0.2) is 54.6 Å². The molecule has 3 aromatic rings. The molecule has 0 amide bonds. The topological polar surface area (TPSA) is 32.3 Å². The van der Waals surface area contributed by atoms with Crippen LogP contribution in [0.3, 0.4) is 0 Å². The first kappa shape index (κ1) is 13.7. The van der Waals surface area contributed by atoms with Crippen LogP contribution in [0.1, 0.15) is 5.56 Å². The van der Waals surface area contributed by atoms with E-state index in [4.69, 9.17) is 11.6 Å². The lowest BCUT2D eigenvalue weighted by atomic mass is 10.0. The summed E-state index contributed by atoms with van der Waals surface area (Å²) in [4.78, 5) is 0. The van der Waals surface area contributed by atoms with Crippen LogP contribution in [0.5, 0.6) is 5.75 Å². The Hall–Kier alpha value is -2.26. The molecule has 106 valence electrons. The second kappa shape index (κ2) is 5.62. The second-order valence-corrected chi connectivity index (χ2v) is 5.23. The van der Waals surface area contributed by atoms with Crippen molar-refractivity contribution in [1.29, 1.82) is 0 Å². The molecule has 0 aliphatic carbocycles. The number of fused-ring (bicyclic) bond motifs is 1. The molecule has 21 heavy (non-hydrogen) atoms. The lowest BCUT2D eigenvalue weighted by Crippen LogP contribution is -2.01. The lowest BCUT2D eigenvalue weighted by molar-refractivity contribution is 0.470. The molecule has 3 rings (SSSR count). The number of benzene rings is 3. The van der Waals surface area contributed by atoms with Gasteiger partial charge in [-0.2, -0.15) is 0 Å². The molecule has 2 N–H and O–H groups in total. The summed E-state index contributed by atoms with van der Waals surface area (Å²) in [6.45, 7) is 0.382. The van der Waals surface area contributed by atoms with Gasteiger partial charge in [-0.1, -0.05) is 41.9 Å². The molecule has 0 atom stereocenters. The first-order valence-corrected chi connectivity index (χ1v) is 6.91. The normalized spacial score (nSPS) is 10.8. The Labute approximate surface area is 126 Å². The van der Waals surface area contributed by atoms with Crippen molar-refractivity contribution < 1.29 is 9.50 Å². The SMILES string of the molecule is Oc1ccc2ccccc2c1CNc1cc(F)cc(Cl)c1. The summed E-state index contributed by atoms with van der Waals surface area (Å²) in [5.41, 5.74) is 1.35. The molecule has 0 heterocycles. The van der Waals surface area contributed by atoms with Gasteiger partial charge in [0.1, 0.15) is 11.6 Å². The number of halogens is 2. The summed E-state index contributed by atoms with van der Waals surface area (Å²) >= 11 is 5.83. The fourth-order valence-electron chi connectivity index (χ4n) is 2.36. The monoisotopic (exact) mass is 301 g/mol. The molecule has 0 unspecified atom stereocenters. The minimum Gasteiger partial charge on any atom is -0.508 e. The molecule has 3 aromatic carbocycles. The van der Waals surface area contributed by atoms with E-state index in [1.165, 1.54) is 12.1 Å². The number of anilines is 1. The zero-order valence-electron chi connectivity index (χ0n) is 11.1. The van der Waals surface area contributed by atoms with Gasteiger partial charge in [-0.15, -0.1) is 0 Å². The van der Waals surface area contributed by atoms with E-state index in [-0.39, 0.29) is 5.75 Å². The van der Waals surface area contributed by atoms with Crippen molar-refractivity contribution in [2.45, 2.75) is 6.54 Å². The second-order valence-electron chi connectivity index (χ2n) is 4.80. The smallest absolute Gasteiger partial charge is 0.126 e. The highest BCUT2D eigenvalue weighted by atomic mass is 35.5. The van der Waals surface area contributed by atoms with Gasteiger partial charge in [0, 0.05) is 22.8 Å². The van der Waals surface area contributed by atoms with Gasteiger partial charge >= 0.3 is 0 Å². The molecule has 0 saturated heterocycles. The quantitative estimate of drug-likeness (QED) is 0.717. The Morgan fingerprint density at radius 2 is 1.86 bits per heavy atom. The minimum atomic E-state index is -0.396. The Kier molecular flexibility index (Phi) is 3.67. The average Bonchev–Trinajstić information content (AvgIpc) is 2.45. The van der Waals surface area contributed by atoms with Crippen LogP contribution in [0, 0.1) is 5.82 Å². The van der Waals surface area contributed by atoms with Gasteiger partial charge < -0.3 is 10.4 Å². The van der Waals surface area contributed by atoms with Gasteiger partial charge in [0.05, 0.1) is 0 Å². The lowest BCUT2D eigenvalue weighted by Gasteiger charge is -2.11. The minimum absolute atomic E-state index is 0.212. The molecule has 0 bridgehead atoms. The number of phenols is 1. The zero-order chi connectivity index (χ0) is 14.8. The number of aromatic hydroxyl groups is 1. The van der Waals surface area contributed by atoms with E-state index in [0.29, 0.717) is 17.3 Å². The van der Waals surface area contributed by atoms with Crippen molar-refractivity contribution in [2.75, 3.05) is 5.32 Å². The van der Waals surface area contributed by atoms with Gasteiger partial charge in [-0.25, -0.2) is 4.39 Å². The standard InChI is InChI=1S/C17H13ClFNO/c18-12-7-13(19)9-14(8-12)20-10-16-15-4-2-1-3-11(15)5-6-17(16)21/h1-9,20-21H,10H2. The van der Waals surface area contributed by atoms with E-state index in [1.54, 1.807) is 12.1 Å². The maximum atomic E-state index is 13.3. The predicted molar refractivity (Wildman–Crippen MR) is 84.3 cm³/mol. The highest BCUT2D eigenvalue weighted by Gasteiger charge is 2.07. The summed E-state index contributed by atoms with van der Waals surface area (Å²) < 4.78 is 13.3. The van der Waals surface area contributed by atoms with E-state index in [2.05, 4.69) is 5.32 Å². The van der Waals surface area contributed by atoms with Crippen molar-refractivity contribution in [3.05, 3.63) is 71.0 Å². The van der Waals surface area contributed by atoms with E-state index in [1.807, 2.05) is 30.3 Å². The van der Waals surface area contributed by atoms with Crippen LogP contribution in [-0.2, 0) is 6.54 Å². The Morgan fingerprint density at radius 3 is 2.67 bits per heavy atom. The molecular formula is C17H13ClFNO. The Bertz CT molecular complexity index is 784. The molecule has 0 spiro atoms. The van der Waals surface area contributed by atoms with Gasteiger partial charge in [0.15, 0.2) is 0 Å². The van der Waals surface area contributed by atoms with E-state index in [0.717, 1.165) is 16.3 Å². The average molecular weight is 302 g/mol. The molecule has 2 nitrogen and oxygen atoms in total. The fraction of sp³-hybridized carbons (Fsp3) is 0.0588. The van der Waals surface area contributed by atoms with Crippen molar-refractivity contribution in [3.8, 4) is 5.75 Å². The van der Waals surface area contributed by atoms with Gasteiger partial charge in [0.2, 0.25) is 0 Å². The van der Waals surface area contributed by atoms with Crippen molar-refractivity contribution in [2.24, 2.45) is 0 Å². The molecule has 0 fully saturated rings. The van der Waals surface area contributed by atoms with Crippen molar-refractivity contribution in [1.82, 2.24) is 0 Å². The maximum absolute atomic E-state index is 13.3. The molecule has 0 saturated carbocycles. The first-order chi connectivity index (χ1) is 10.1. The zero-order valence-corrected chi connectivity index (χ0v) is 11.9. The molecule has 0 aromatic heterocycles. The first-order valence-electron chi connectivity index (χ1n) is 6.53. The molecular weight excluding hydrogens is 289 g/mol. The molecule has 0 aliphatic heterocycles. The summed E-state index contributed by atoms with van der Waals surface area (Å²) in [6.07, 6.45) is 0. The van der Waals surface area contributed by atoms with Crippen LogP contribution < -0.4 is 5.32 Å². The summed E-state index contributed by atoms with van der Waals surface area (Å²) in [5.74, 6) is -0.184. The van der Waals surface area contributed by atoms with E-state index < -0.39 is 5.82 Å². The summed E-state index contributed by atoms with van der Waals surface area (Å²) in [5, 5.41) is 15.5. The van der Waals surface area contributed by atoms with Gasteiger partial charge in [-0.05, 0) is 35.0 Å². The number of hydrogen-bond donors (Lipinski definition) is 2. The van der Waals surface area contributed by atoms with Crippen LogP contribution >= 0.6 is 11.6 Å². The predicted octanol–water partition coefficient (Wildman–Crippen LogP) is 4.95. The van der Waals surface area contributed by atoms with Crippen molar-refractivity contribution >= 4 is 28.1 Å². The third-order valence-corrected chi connectivity index (χ3v) is 3.57. The third-order valence-electron chi connectivity index (χ3n) is 3.35. The largest absolute Gasteiger partial charge is 0.508 e. The van der Waals surface area contributed by atoms with Crippen LogP contribution in [0.25, 0.3) is 10.8 Å². The highest BCUT2D eigenvalue weighted by molar-refractivity contribution is 6.30. The Morgan fingerprint density at radius 1 is 1.05 bits per heavy atom. The third kappa shape index (κ3) is 2.93. The molecule has 4 heteroatoms. The fourth-order valence-corrected chi connectivity index (χ4v) is 2.58. The summed E-state index contributed by atoms with van der Waals surface area (Å²) in [6, 6.07) is 15.6. The number of phenolic OH excluding ortho intramolecular Hbond substituents is 1.